The maximum absolute atomic E-state index is 10.9. The van der Waals surface area contributed by atoms with Crippen molar-refractivity contribution in [3.63, 3.8) is 0 Å². The SMILES string of the molecule is Cc1ccc2ccc(S(=O)(=O)[O-])cc2c1C.[Na+]. The standard InChI is InChI=1S/C12H12O3S.Na/c1-8-3-4-10-5-6-11(16(13,14)15)7-12(10)9(8)2;/h3-7H,1-2H3,(H,13,14,15);/q;+1/p-1. The summed E-state index contributed by atoms with van der Waals surface area (Å²) in [6.07, 6.45) is 0. The Bertz CT molecular complexity index is 663. The molecular formula is C12H11NaO3S. The minimum atomic E-state index is -4.37. The summed E-state index contributed by atoms with van der Waals surface area (Å²) in [4.78, 5) is -0.172. The first-order valence-electron chi connectivity index (χ1n) is 4.85. The summed E-state index contributed by atoms with van der Waals surface area (Å²) in [5, 5.41) is 1.76. The second kappa shape index (κ2) is 5.08. The van der Waals surface area contributed by atoms with E-state index in [0.29, 0.717) is 0 Å². The molecule has 3 nitrogen and oxygen atoms in total. The van der Waals surface area contributed by atoms with E-state index < -0.39 is 10.1 Å². The van der Waals surface area contributed by atoms with Crippen LogP contribution in [0.3, 0.4) is 0 Å². The van der Waals surface area contributed by atoms with Gasteiger partial charge in [0.15, 0.2) is 0 Å². The molecule has 0 spiro atoms. The molecule has 0 aromatic heterocycles. The van der Waals surface area contributed by atoms with E-state index in [1.807, 2.05) is 26.0 Å². The molecule has 0 atom stereocenters. The predicted octanol–water partition coefficient (Wildman–Crippen LogP) is -0.635. The molecule has 0 radical (unpaired) electrons. The third-order valence-corrected chi connectivity index (χ3v) is 3.65. The largest absolute Gasteiger partial charge is 1.00 e. The van der Waals surface area contributed by atoms with Crippen molar-refractivity contribution in [3.05, 3.63) is 41.5 Å². The summed E-state index contributed by atoms with van der Waals surface area (Å²) in [5.41, 5.74) is 2.08. The average Bonchev–Trinajstić information content (AvgIpc) is 2.22. The van der Waals surface area contributed by atoms with Crippen LogP contribution in [0.1, 0.15) is 11.1 Å². The molecule has 0 aliphatic heterocycles. The number of benzene rings is 2. The van der Waals surface area contributed by atoms with E-state index in [1.165, 1.54) is 12.1 Å². The summed E-state index contributed by atoms with van der Waals surface area (Å²) in [5.74, 6) is 0. The van der Waals surface area contributed by atoms with Crippen molar-refractivity contribution in [1.29, 1.82) is 0 Å². The molecule has 0 bridgehead atoms. The number of fused-ring (bicyclic) bond motifs is 1. The summed E-state index contributed by atoms with van der Waals surface area (Å²) < 4.78 is 32.8. The zero-order valence-corrected chi connectivity index (χ0v) is 12.8. The van der Waals surface area contributed by atoms with Crippen LogP contribution in [-0.2, 0) is 10.1 Å². The van der Waals surface area contributed by atoms with Crippen LogP contribution in [0.5, 0.6) is 0 Å². The summed E-state index contributed by atoms with van der Waals surface area (Å²) in [6, 6.07) is 8.34. The van der Waals surface area contributed by atoms with Crippen LogP contribution in [0.2, 0.25) is 0 Å². The Morgan fingerprint density at radius 3 is 2.24 bits per heavy atom. The molecule has 2 rings (SSSR count). The Morgan fingerprint density at radius 2 is 1.65 bits per heavy atom. The van der Waals surface area contributed by atoms with Crippen LogP contribution < -0.4 is 29.6 Å². The molecule has 2 aromatic carbocycles. The van der Waals surface area contributed by atoms with Crippen LogP contribution in [0, 0.1) is 13.8 Å². The van der Waals surface area contributed by atoms with Gasteiger partial charge in [-0.05, 0) is 47.9 Å². The molecule has 5 heteroatoms. The normalized spacial score (nSPS) is 11.2. The molecule has 2 aromatic rings. The monoisotopic (exact) mass is 258 g/mol. The first kappa shape index (κ1) is 14.7. The van der Waals surface area contributed by atoms with Gasteiger partial charge in [-0.2, -0.15) is 0 Å². The first-order valence-corrected chi connectivity index (χ1v) is 6.26. The second-order valence-electron chi connectivity index (χ2n) is 3.84. The van der Waals surface area contributed by atoms with Crippen LogP contribution in [0.4, 0.5) is 0 Å². The van der Waals surface area contributed by atoms with E-state index >= 15 is 0 Å². The Kier molecular flexibility index (Phi) is 4.38. The van der Waals surface area contributed by atoms with Crippen molar-refractivity contribution in [2.45, 2.75) is 18.7 Å². The molecule has 0 fully saturated rings. The van der Waals surface area contributed by atoms with Crippen molar-refractivity contribution < 1.29 is 42.5 Å². The fraction of sp³-hybridized carbons (Fsp3) is 0.167. The van der Waals surface area contributed by atoms with Crippen LogP contribution >= 0.6 is 0 Å². The fourth-order valence-electron chi connectivity index (χ4n) is 1.71. The molecule has 0 saturated carbocycles. The van der Waals surface area contributed by atoms with Gasteiger partial charge < -0.3 is 4.55 Å². The molecule has 0 heterocycles. The zero-order chi connectivity index (χ0) is 11.9. The van der Waals surface area contributed by atoms with Gasteiger partial charge in [0.05, 0.1) is 4.90 Å². The van der Waals surface area contributed by atoms with E-state index in [4.69, 9.17) is 0 Å². The molecule has 0 aliphatic rings. The van der Waals surface area contributed by atoms with Gasteiger partial charge in [0.2, 0.25) is 0 Å². The van der Waals surface area contributed by atoms with Gasteiger partial charge in [-0.3, -0.25) is 0 Å². The molecule has 0 saturated heterocycles. The fourth-order valence-corrected chi connectivity index (χ4v) is 2.21. The third kappa shape index (κ3) is 2.89. The third-order valence-electron chi connectivity index (χ3n) is 2.82. The zero-order valence-electron chi connectivity index (χ0n) is 10.0. The van der Waals surface area contributed by atoms with E-state index in [9.17, 15) is 13.0 Å². The van der Waals surface area contributed by atoms with Gasteiger partial charge >= 0.3 is 29.6 Å². The van der Waals surface area contributed by atoms with Crippen molar-refractivity contribution in [1.82, 2.24) is 0 Å². The van der Waals surface area contributed by atoms with Gasteiger partial charge in [-0.15, -0.1) is 0 Å². The number of rotatable bonds is 1. The molecule has 0 N–H and O–H groups in total. The quantitative estimate of drug-likeness (QED) is 0.505. The molecule has 0 amide bonds. The molecule has 17 heavy (non-hydrogen) atoms. The van der Waals surface area contributed by atoms with Crippen LogP contribution in [0.25, 0.3) is 10.8 Å². The van der Waals surface area contributed by atoms with Crippen molar-refractivity contribution in [2.24, 2.45) is 0 Å². The van der Waals surface area contributed by atoms with Gasteiger partial charge in [-0.25, -0.2) is 8.42 Å². The van der Waals surface area contributed by atoms with E-state index in [2.05, 4.69) is 0 Å². The summed E-state index contributed by atoms with van der Waals surface area (Å²) >= 11 is 0. The predicted molar refractivity (Wildman–Crippen MR) is 61.4 cm³/mol. The Hall–Kier alpha value is -0.390. The molecule has 0 aliphatic carbocycles. The van der Waals surface area contributed by atoms with E-state index in [1.54, 1.807) is 6.07 Å². The Balaban J connectivity index is 0.00000144. The Labute approximate surface area is 123 Å². The van der Waals surface area contributed by atoms with E-state index in [-0.39, 0.29) is 34.5 Å². The second-order valence-corrected chi connectivity index (χ2v) is 5.22. The van der Waals surface area contributed by atoms with Crippen molar-refractivity contribution >= 4 is 20.9 Å². The topological polar surface area (TPSA) is 57.2 Å². The van der Waals surface area contributed by atoms with Gasteiger partial charge in [0.1, 0.15) is 10.1 Å². The van der Waals surface area contributed by atoms with Crippen LogP contribution in [0.15, 0.2) is 35.2 Å². The van der Waals surface area contributed by atoms with Crippen molar-refractivity contribution in [3.8, 4) is 0 Å². The Morgan fingerprint density at radius 1 is 1.06 bits per heavy atom. The van der Waals surface area contributed by atoms with Crippen LogP contribution in [-0.4, -0.2) is 13.0 Å². The maximum atomic E-state index is 10.9. The van der Waals surface area contributed by atoms with E-state index in [0.717, 1.165) is 21.9 Å². The smallest absolute Gasteiger partial charge is 0.744 e. The van der Waals surface area contributed by atoms with Gasteiger partial charge in [0, 0.05) is 0 Å². The minimum Gasteiger partial charge on any atom is -0.744 e. The van der Waals surface area contributed by atoms with Crippen molar-refractivity contribution in [2.75, 3.05) is 0 Å². The maximum Gasteiger partial charge on any atom is 1.00 e. The number of hydrogen-bond donors (Lipinski definition) is 0. The average molecular weight is 258 g/mol. The number of hydrogen-bond acceptors (Lipinski definition) is 3. The molecular weight excluding hydrogens is 247 g/mol. The number of aryl methyl sites for hydroxylation is 2. The minimum absolute atomic E-state index is 0. The summed E-state index contributed by atoms with van der Waals surface area (Å²) in [7, 11) is -4.37. The summed E-state index contributed by atoms with van der Waals surface area (Å²) in [6.45, 7) is 3.87. The molecule has 0 unspecified atom stereocenters. The van der Waals surface area contributed by atoms with Gasteiger partial charge in [0.25, 0.3) is 0 Å². The molecule has 84 valence electrons. The first-order chi connectivity index (χ1) is 7.39. The van der Waals surface area contributed by atoms with Gasteiger partial charge in [-0.1, -0.05) is 18.2 Å².